The van der Waals surface area contributed by atoms with Gasteiger partial charge in [0.15, 0.2) is 0 Å². The number of hydrogen-bond acceptors (Lipinski definition) is 4. The van der Waals surface area contributed by atoms with Crippen molar-refractivity contribution in [3.63, 3.8) is 0 Å². The van der Waals surface area contributed by atoms with E-state index in [-0.39, 0.29) is 52.7 Å². The molecule has 0 amide bonds. The van der Waals surface area contributed by atoms with Crippen molar-refractivity contribution in [2.24, 2.45) is 0 Å². The minimum atomic E-state index is -0.587. The fourth-order valence-corrected chi connectivity index (χ4v) is 22.0. The van der Waals surface area contributed by atoms with Crippen LogP contribution in [0.5, 0.6) is 23.0 Å². The molecule has 6 aliphatic rings. The summed E-state index contributed by atoms with van der Waals surface area (Å²) in [5.41, 5.74) is 33.2. The van der Waals surface area contributed by atoms with E-state index in [0.717, 1.165) is 171 Å². The normalized spacial score (nSPS) is 14.8. The molecule has 6 heteroatoms. The van der Waals surface area contributed by atoms with Gasteiger partial charge in [-0.3, -0.25) is 0 Å². The summed E-state index contributed by atoms with van der Waals surface area (Å²) in [4.78, 5) is 4.99. The molecule has 0 fully saturated rings. The van der Waals surface area contributed by atoms with Crippen molar-refractivity contribution in [1.82, 2.24) is 4.57 Å². The van der Waals surface area contributed by atoms with Gasteiger partial charge < -0.3 is 23.8 Å². The van der Waals surface area contributed by atoms with Gasteiger partial charge >= 0.3 is 0 Å². The summed E-state index contributed by atoms with van der Waals surface area (Å²) in [6.07, 6.45) is 9.06. The van der Waals surface area contributed by atoms with Crippen LogP contribution in [0.2, 0.25) is 0 Å². The first-order chi connectivity index (χ1) is 63.9. The molecule has 582 valence electrons. The van der Waals surface area contributed by atoms with Gasteiger partial charge in [0.1, 0.15) is 23.0 Å². The lowest BCUT2D eigenvalue weighted by Gasteiger charge is -2.45. The van der Waals surface area contributed by atoms with Crippen molar-refractivity contribution in [2.45, 2.75) is 75.0 Å². The summed E-state index contributed by atoms with van der Waals surface area (Å²) in [5, 5.41) is 0.0930. The molecule has 0 unspecified atom stereocenters. The minimum Gasteiger partial charge on any atom is -0.457 e. The zero-order chi connectivity index (χ0) is 87.4. The van der Waals surface area contributed by atoms with Gasteiger partial charge in [-0.05, 0) is 228 Å². The number of unbranched alkanes of at least 4 members (excludes halogenated alkanes) is 6. The van der Waals surface area contributed by atoms with Crippen molar-refractivity contribution in [3.8, 4) is 95.4 Å². The van der Waals surface area contributed by atoms with E-state index in [2.05, 4.69) is 350 Å². The average Bonchev–Trinajstić information content (AvgIpc) is 1.39. The van der Waals surface area contributed by atoms with E-state index in [1.54, 1.807) is 4.57 Å². The number of aromatic nitrogens is 1. The van der Waals surface area contributed by atoms with E-state index < -0.39 is 35.0 Å². The highest BCUT2D eigenvalue weighted by atomic mass is 16.5. The highest BCUT2D eigenvalue weighted by Crippen LogP contribution is 2.65. The Morgan fingerprint density at radius 2 is 0.623 bits per heavy atom. The Morgan fingerprint density at radius 3 is 1.06 bits per heavy atom. The van der Waals surface area contributed by atoms with E-state index in [0.29, 0.717) is 18.8 Å². The second kappa shape index (κ2) is 29.4. The number of rotatable bonds is 19. The lowest BCUT2D eigenvalue weighted by Crippen LogP contribution is -2.62. The van der Waals surface area contributed by atoms with Gasteiger partial charge in [-0.2, -0.15) is 0 Å². The van der Waals surface area contributed by atoms with Crippen molar-refractivity contribution in [1.29, 1.82) is 0 Å². The fraction of sp³-hybridized carbons (Fsp3) is 0.121. The van der Waals surface area contributed by atoms with Crippen LogP contribution >= 0.6 is 0 Å². The summed E-state index contributed by atoms with van der Waals surface area (Å²) in [6, 6.07) is 120. The molecule has 2 aliphatic carbocycles. The maximum Gasteiger partial charge on any atom is 0.252 e. The molecular weight excluding hydrogens is 1480 g/mol. The summed E-state index contributed by atoms with van der Waals surface area (Å²) in [7, 11) is 0. The SMILES string of the molecule is [2H]c1c([2H])c([2H])c2c(c1[2H])c1c([2H])c([2H])c([2H])c([2H])c1n2-c1cc2c3c(c1)N(CCCCCCc1ccccc1-c1ccc4c(c1)C1(c5ccccc5O4)c4ccccc4-c4ccccc41)c1ccc(-c4ccccc4)cc1B3c1cc(-c3ccccc3)ccc1N2CCCCCCc1ccccc1-c1ccc2c(c1)C1(c3ccccc3O2)c2ccccc2-c2ccccc21. The molecule has 17 aromatic carbocycles. The molecule has 18 aromatic rings. The van der Waals surface area contributed by atoms with Crippen LogP contribution in [-0.4, -0.2) is 24.4 Å². The first-order valence-corrected chi connectivity index (χ1v) is 43.4. The fourth-order valence-electron chi connectivity index (χ4n) is 22.0. The number of anilines is 4. The predicted octanol–water partition coefficient (Wildman–Crippen LogP) is 27.4. The predicted molar refractivity (Wildman–Crippen MR) is 506 cm³/mol. The van der Waals surface area contributed by atoms with E-state index in [4.69, 9.17) is 12.2 Å². The molecule has 0 saturated heterocycles. The molecule has 4 aliphatic heterocycles. The molecule has 0 radical (unpaired) electrons. The Labute approximate surface area is 725 Å². The Balaban J connectivity index is 0.587. The molecule has 2 spiro atoms. The summed E-state index contributed by atoms with van der Waals surface area (Å²) in [5.74, 6) is 3.46. The van der Waals surface area contributed by atoms with E-state index in [9.17, 15) is 8.22 Å². The van der Waals surface area contributed by atoms with Crippen LogP contribution in [0.25, 0.3) is 94.3 Å². The second-order valence-electron chi connectivity index (χ2n) is 33.6. The smallest absolute Gasteiger partial charge is 0.252 e. The van der Waals surface area contributed by atoms with Gasteiger partial charge in [-0.1, -0.05) is 341 Å². The molecule has 0 saturated carbocycles. The van der Waals surface area contributed by atoms with Crippen LogP contribution in [0.1, 0.15) is 118 Å². The van der Waals surface area contributed by atoms with E-state index >= 15 is 0 Å². The number of fused-ring (bicyclic) bond motifs is 25. The number of benzene rings is 17. The number of aryl methyl sites for hydroxylation is 2. The van der Waals surface area contributed by atoms with Crippen LogP contribution in [0.3, 0.4) is 0 Å². The highest BCUT2D eigenvalue weighted by Gasteiger charge is 2.53. The van der Waals surface area contributed by atoms with Crippen molar-refractivity contribution < 1.29 is 20.4 Å². The molecule has 0 bridgehead atoms. The topological polar surface area (TPSA) is 29.9 Å². The summed E-state index contributed by atoms with van der Waals surface area (Å²) < 4.78 is 91.4. The van der Waals surface area contributed by atoms with E-state index in [1.165, 1.54) is 77.7 Å². The number of hydrogen-bond donors (Lipinski definition) is 0. The first-order valence-electron chi connectivity index (χ1n) is 47.4. The lowest BCUT2D eigenvalue weighted by molar-refractivity contribution is 0.436. The maximum atomic E-state index is 9.90. The maximum absolute atomic E-state index is 9.90. The standard InChI is InChI=1S/C116H88BN3O2/c1(7-39-79-41-13-15-43-86(79)83-63-67-112-100(71-83)115(98-55-27-31-59-110(98)121-112)94-51-23-17-45-88(94)89-46-18-24-52-95(89)115)3-33-69-118-106-65-61-81(77-35-9-5-10-36-77)73-102(106)117-103-74-82(78-37-11-6-12-38-78)62-66-107(103)119(109-76-85(75-108(118)114(109)117)120-104-57-29-21-49-92(104)93-50-22-30-58-105(93)120)70-34-4-2-8-40-80-42-14-16-44-87(80)84-64-68-113-101(72-84)116(99-56-28-32-60-111(99)122-113)96-53-25-19-47-90(96)91-48-20-26-54-97(91)116/h5-6,9-32,35-38,41-68,71-76H,1-4,7-8,33-34,39-40,69-70H2/i21D,22D,29D,30D,49D,50D,57D,58D. The molecule has 24 rings (SSSR count). The Hall–Kier alpha value is -14.2. The van der Waals surface area contributed by atoms with Crippen LogP contribution in [0, 0.1) is 0 Å². The van der Waals surface area contributed by atoms with Gasteiger partial charge in [-0.25, -0.2) is 0 Å². The summed E-state index contributed by atoms with van der Waals surface area (Å²) >= 11 is 0. The molecule has 5 nitrogen and oxygen atoms in total. The van der Waals surface area contributed by atoms with Gasteiger partial charge in [0.2, 0.25) is 0 Å². The van der Waals surface area contributed by atoms with Crippen molar-refractivity contribution in [3.05, 3.63) is 444 Å². The van der Waals surface area contributed by atoms with Crippen LogP contribution in [0.4, 0.5) is 22.7 Å². The molecule has 0 atom stereocenters. The van der Waals surface area contributed by atoms with E-state index in [1.807, 2.05) is 0 Å². The third-order valence-electron chi connectivity index (χ3n) is 27.3. The summed E-state index contributed by atoms with van der Waals surface area (Å²) in [6.45, 7) is 0.938. The highest BCUT2D eigenvalue weighted by molar-refractivity contribution is 7.00. The lowest BCUT2D eigenvalue weighted by atomic mass is 9.33. The first kappa shape index (κ1) is 63.8. The molecule has 0 N–H and O–H groups in total. The Morgan fingerprint density at radius 1 is 0.270 bits per heavy atom. The zero-order valence-electron chi connectivity index (χ0n) is 75.6. The molecule has 5 heterocycles. The Bertz CT molecular complexity index is 7200. The van der Waals surface area contributed by atoms with Crippen LogP contribution in [-0.2, 0) is 23.7 Å². The van der Waals surface area contributed by atoms with Gasteiger partial charge in [0.05, 0.1) is 38.5 Å². The molecular formula is C116H88BN3O2. The van der Waals surface area contributed by atoms with Crippen LogP contribution in [0.15, 0.2) is 388 Å². The van der Waals surface area contributed by atoms with Gasteiger partial charge in [-0.15, -0.1) is 0 Å². The molecule has 122 heavy (non-hydrogen) atoms. The number of ether oxygens (including phenoxy) is 2. The second-order valence-corrected chi connectivity index (χ2v) is 33.6. The van der Waals surface area contributed by atoms with Crippen molar-refractivity contribution >= 4 is 67.7 Å². The quantitative estimate of drug-likeness (QED) is 0.0596. The monoisotopic (exact) mass is 1570 g/mol. The third-order valence-corrected chi connectivity index (χ3v) is 27.3. The third kappa shape index (κ3) is 11.2. The minimum absolute atomic E-state index is 0.0465. The van der Waals surface area contributed by atoms with Crippen LogP contribution < -0.4 is 35.7 Å². The average molecular weight is 1570 g/mol. The zero-order valence-corrected chi connectivity index (χ0v) is 67.6. The largest absolute Gasteiger partial charge is 0.457 e. The number of nitrogens with zero attached hydrogens (tertiary/aromatic N) is 3. The van der Waals surface area contributed by atoms with Crippen molar-refractivity contribution in [2.75, 3.05) is 22.9 Å². The Kier molecular flexibility index (Phi) is 15.4. The van der Waals surface area contributed by atoms with Gasteiger partial charge in [0.25, 0.3) is 6.71 Å². The van der Waals surface area contributed by atoms with Gasteiger partial charge in [0, 0.05) is 68.9 Å². The molecule has 1 aromatic heterocycles. The number of para-hydroxylation sites is 4.